The number of rotatable bonds is 15. The molecule has 1 heterocycles. The monoisotopic (exact) mass is 448 g/mol. The predicted octanol–water partition coefficient (Wildman–Crippen LogP) is 0.222. The second kappa shape index (κ2) is 15.5. The molecule has 3 unspecified atom stereocenters. The average Bonchev–Trinajstić information content (AvgIpc) is 2.73. The third-order valence-corrected chi connectivity index (χ3v) is 5.02. The fraction of sp³-hybridized carbons (Fsp3) is 0.905. The number of esters is 1. The van der Waals surface area contributed by atoms with E-state index in [2.05, 4.69) is 12.2 Å². The van der Waals surface area contributed by atoms with Crippen LogP contribution in [0.3, 0.4) is 0 Å². The van der Waals surface area contributed by atoms with Crippen LogP contribution in [0.25, 0.3) is 0 Å². The number of amides is 1. The smallest absolute Gasteiger partial charge is 0.302 e. The van der Waals surface area contributed by atoms with Crippen LogP contribution in [0.4, 0.5) is 0 Å². The molecule has 0 aromatic carbocycles. The molecular formula is C21H40N2O8. The molecule has 5 N–H and O–H groups in total. The van der Waals surface area contributed by atoms with Crippen molar-refractivity contribution in [1.29, 1.82) is 0 Å². The summed E-state index contributed by atoms with van der Waals surface area (Å²) in [5.74, 6) is -0.518. The minimum Gasteiger partial charge on any atom is -0.463 e. The number of nitrogens with one attached hydrogen (secondary N) is 1. The van der Waals surface area contributed by atoms with Gasteiger partial charge in [-0.25, -0.2) is 0 Å². The summed E-state index contributed by atoms with van der Waals surface area (Å²) in [5, 5.41) is 23.0. The first kappa shape index (κ1) is 27.7. The number of nitrogens with two attached hydrogens (primary N) is 1. The molecule has 0 aromatic rings. The van der Waals surface area contributed by atoms with E-state index in [1.54, 1.807) is 0 Å². The van der Waals surface area contributed by atoms with Crippen LogP contribution in [0.15, 0.2) is 0 Å². The number of carbonyl (C=O) groups excluding carboxylic acids is 2. The first-order valence-electron chi connectivity index (χ1n) is 11.2. The SMILES string of the molecule is CCCCOC(C)CNC(=O)CCCCCO[C@@H]1OC(COC(C)=O)[C@H](O)C(O)[C@@H]1N. The van der Waals surface area contributed by atoms with Crippen molar-refractivity contribution in [2.24, 2.45) is 5.73 Å². The van der Waals surface area contributed by atoms with Crippen molar-refractivity contribution in [3.63, 3.8) is 0 Å². The van der Waals surface area contributed by atoms with Crippen molar-refractivity contribution in [2.75, 3.05) is 26.4 Å². The molecule has 182 valence electrons. The highest BCUT2D eigenvalue weighted by Crippen LogP contribution is 2.21. The summed E-state index contributed by atoms with van der Waals surface area (Å²) in [6.07, 6.45) is 0.347. The average molecular weight is 449 g/mol. The molecule has 1 amide bonds. The van der Waals surface area contributed by atoms with E-state index < -0.39 is 36.6 Å². The zero-order valence-electron chi connectivity index (χ0n) is 19.0. The molecule has 1 aliphatic heterocycles. The summed E-state index contributed by atoms with van der Waals surface area (Å²) in [6.45, 7) is 6.63. The Morgan fingerprint density at radius 2 is 1.87 bits per heavy atom. The Morgan fingerprint density at radius 3 is 2.55 bits per heavy atom. The van der Waals surface area contributed by atoms with Crippen molar-refractivity contribution >= 4 is 11.9 Å². The third-order valence-electron chi connectivity index (χ3n) is 5.02. The zero-order valence-corrected chi connectivity index (χ0v) is 19.0. The summed E-state index contributed by atoms with van der Waals surface area (Å²) in [4.78, 5) is 22.8. The summed E-state index contributed by atoms with van der Waals surface area (Å²) in [5.41, 5.74) is 5.88. The number of ether oxygens (including phenoxy) is 4. The topological polar surface area (TPSA) is 150 Å². The van der Waals surface area contributed by atoms with Gasteiger partial charge in [0.2, 0.25) is 5.91 Å². The molecule has 10 nitrogen and oxygen atoms in total. The van der Waals surface area contributed by atoms with E-state index in [1.807, 2.05) is 6.92 Å². The van der Waals surface area contributed by atoms with E-state index in [0.717, 1.165) is 19.3 Å². The third kappa shape index (κ3) is 11.2. The highest BCUT2D eigenvalue weighted by molar-refractivity contribution is 5.75. The molecule has 1 saturated heterocycles. The first-order valence-corrected chi connectivity index (χ1v) is 11.2. The van der Waals surface area contributed by atoms with Gasteiger partial charge >= 0.3 is 5.97 Å². The van der Waals surface area contributed by atoms with Crippen LogP contribution in [0.2, 0.25) is 0 Å². The van der Waals surface area contributed by atoms with Crippen molar-refractivity contribution in [3.05, 3.63) is 0 Å². The normalized spacial score (nSPS) is 27.0. The lowest BCUT2D eigenvalue weighted by atomic mass is 9.98. The van der Waals surface area contributed by atoms with Gasteiger partial charge in [-0.15, -0.1) is 0 Å². The Kier molecular flexibility index (Phi) is 13.9. The number of hydrogen-bond donors (Lipinski definition) is 4. The van der Waals surface area contributed by atoms with Crippen LogP contribution in [0.1, 0.15) is 59.3 Å². The quantitative estimate of drug-likeness (QED) is 0.204. The Bertz CT molecular complexity index is 522. The summed E-state index contributed by atoms with van der Waals surface area (Å²) in [7, 11) is 0. The van der Waals surface area contributed by atoms with E-state index in [1.165, 1.54) is 6.92 Å². The summed E-state index contributed by atoms with van der Waals surface area (Å²) in [6, 6.07) is -0.920. The van der Waals surface area contributed by atoms with Crippen molar-refractivity contribution < 1.29 is 38.7 Å². The minimum atomic E-state index is -1.27. The summed E-state index contributed by atoms with van der Waals surface area (Å²) >= 11 is 0. The fourth-order valence-electron chi connectivity index (χ4n) is 3.04. The molecule has 1 fully saturated rings. The van der Waals surface area contributed by atoms with Gasteiger partial charge in [0.15, 0.2) is 6.29 Å². The van der Waals surface area contributed by atoms with Crippen molar-refractivity contribution in [1.82, 2.24) is 5.32 Å². The first-order chi connectivity index (χ1) is 14.8. The predicted molar refractivity (Wildman–Crippen MR) is 113 cm³/mol. The van der Waals surface area contributed by atoms with E-state index in [4.69, 9.17) is 24.7 Å². The largest absolute Gasteiger partial charge is 0.463 e. The maximum absolute atomic E-state index is 11.9. The van der Waals surface area contributed by atoms with Gasteiger partial charge in [0.25, 0.3) is 0 Å². The number of unbranched alkanes of at least 4 members (excludes halogenated alkanes) is 3. The molecule has 10 heteroatoms. The maximum Gasteiger partial charge on any atom is 0.302 e. The number of hydrogen-bond acceptors (Lipinski definition) is 9. The van der Waals surface area contributed by atoms with Gasteiger partial charge in [-0.3, -0.25) is 9.59 Å². The highest BCUT2D eigenvalue weighted by atomic mass is 16.7. The molecule has 0 spiro atoms. The lowest BCUT2D eigenvalue weighted by molar-refractivity contribution is -0.267. The van der Waals surface area contributed by atoms with E-state index in [0.29, 0.717) is 39.0 Å². The molecule has 6 atom stereocenters. The number of aliphatic hydroxyl groups is 2. The molecule has 0 aliphatic carbocycles. The fourth-order valence-corrected chi connectivity index (χ4v) is 3.04. The number of aliphatic hydroxyl groups excluding tert-OH is 2. The Balaban J connectivity index is 2.18. The molecule has 0 radical (unpaired) electrons. The second-order valence-corrected chi connectivity index (χ2v) is 7.92. The zero-order chi connectivity index (χ0) is 23.2. The van der Waals surface area contributed by atoms with Crippen LogP contribution in [0.5, 0.6) is 0 Å². The van der Waals surface area contributed by atoms with Gasteiger partial charge in [-0.05, 0) is 26.2 Å². The van der Waals surface area contributed by atoms with Gasteiger partial charge in [0.1, 0.15) is 24.9 Å². The lowest BCUT2D eigenvalue weighted by Gasteiger charge is -2.40. The van der Waals surface area contributed by atoms with Crippen LogP contribution in [-0.2, 0) is 28.5 Å². The van der Waals surface area contributed by atoms with Crippen molar-refractivity contribution in [3.8, 4) is 0 Å². The lowest BCUT2D eigenvalue weighted by Crippen LogP contribution is -2.62. The van der Waals surface area contributed by atoms with Gasteiger partial charge in [0, 0.05) is 33.1 Å². The van der Waals surface area contributed by atoms with Crippen LogP contribution >= 0.6 is 0 Å². The van der Waals surface area contributed by atoms with Gasteiger partial charge < -0.3 is 40.2 Å². The standard InChI is InChI=1S/C21H40N2O8/c1-4-5-10-28-14(2)12-23-17(25)9-7-6-8-11-29-21-18(22)20(27)19(26)16(31-21)13-30-15(3)24/h14,16,18-21,26-27H,4-13,22H2,1-3H3,(H,23,25)/t14?,16?,18-,19-,20?,21+/m0/s1. The molecule has 0 aromatic heterocycles. The molecular weight excluding hydrogens is 408 g/mol. The van der Waals surface area contributed by atoms with Gasteiger partial charge in [0.05, 0.1) is 12.1 Å². The minimum absolute atomic E-state index is 0.00198. The Hall–Kier alpha value is -1.30. The second-order valence-electron chi connectivity index (χ2n) is 7.92. The van der Waals surface area contributed by atoms with E-state index in [-0.39, 0.29) is 18.6 Å². The molecule has 0 saturated carbocycles. The van der Waals surface area contributed by atoms with E-state index in [9.17, 15) is 19.8 Å². The van der Waals surface area contributed by atoms with Crippen LogP contribution in [0, 0.1) is 0 Å². The van der Waals surface area contributed by atoms with Gasteiger partial charge in [-0.1, -0.05) is 19.8 Å². The van der Waals surface area contributed by atoms with E-state index >= 15 is 0 Å². The Morgan fingerprint density at radius 1 is 1.13 bits per heavy atom. The maximum atomic E-state index is 11.9. The molecule has 0 bridgehead atoms. The van der Waals surface area contributed by atoms with Gasteiger partial charge in [-0.2, -0.15) is 0 Å². The Labute approximate surface area is 184 Å². The molecule has 1 aliphatic rings. The molecule has 1 rings (SSSR count). The van der Waals surface area contributed by atoms with Crippen LogP contribution in [-0.4, -0.2) is 85.2 Å². The molecule has 31 heavy (non-hydrogen) atoms. The van der Waals surface area contributed by atoms with Crippen LogP contribution < -0.4 is 11.1 Å². The summed E-state index contributed by atoms with van der Waals surface area (Å²) < 4.78 is 21.6. The highest BCUT2D eigenvalue weighted by Gasteiger charge is 2.43. The number of carbonyl (C=O) groups is 2. The van der Waals surface area contributed by atoms with Crippen molar-refractivity contribution in [2.45, 2.75) is 96.0 Å².